The highest BCUT2D eigenvalue weighted by Gasteiger charge is 2.46. The van der Waals surface area contributed by atoms with E-state index in [1.807, 2.05) is 24.3 Å². The predicted octanol–water partition coefficient (Wildman–Crippen LogP) is 6.63. The van der Waals surface area contributed by atoms with Crippen LogP contribution in [0.2, 0.25) is 0 Å². The molecule has 2 heteroatoms. The molecule has 4 aromatic rings. The summed E-state index contributed by atoms with van der Waals surface area (Å²) in [4.78, 5) is 0. The standard InChI is InChI=1S/C29H25N2/c1-20-29(2,28-26-11-7-4-8-22(26)16-17-27(28)31(20)3)18-21-12-14-23(15-13-21)25-10-6-5-9-24(25)19-30/h4-17H,18H2,1-3H3/q+1. The number of nitriles is 1. The third-order valence-corrected chi connectivity index (χ3v) is 6.99. The molecule has 0 spiro atoms. The Labute approximate surface area is 183 Å². The zero-order valence-corrected chi connectivity index (χ0v) is 18.2. The van der Waals surface area contributed by atoms with E-state index in [1.54, 1.807) is 0 Å². The number of benzene rings is 4. The van der Waals surface area contributed by atoms with Gasteiger partial charge in [0.05, 0.1) is 17.0 Å². The van der Waals surface area contributed by atoms with Crippen LogP contribution in [0.15, 0.2) is 84.9 Å². The molecule has 1 aliphatic heterocycles. The van der Waals surface area contributed by atoms with Crippen molar-refractivity contribution in [2.45, 2.75) is 25.7 Å². The maximum absolute atomic E-state index is 9.43. The lowest BCUT2D eigenvalue weighted by Gasteiger charge is -2.24. The lowest BCUT2D eigenvalue weighted by atomic mass is 9.73. The monoisotopic (exact) mass is 401 g/mol. The minimum atomic E-state index is -0.0724. The van der Waals surface area contributed by atoms with Crippen molar-refractivity contribution in [1.29, 1.82) is 5.26 Å². The molecule has 1 atom stereocenters. The molecule has 1 aliphatic rings. The van der Waals surface area contributed by atoms with Gasteiger partial charge < -0.3 is 0 Å². The molecule has 0 saturated carbocycles. The van der Waals surface area contributed by atoms with E-state index in [-0.39, 0.29) is 5.41 Å². The number of rotatable bonds is 3. The second-order valence-electron chi connectivity index (χ2n) is 8.69. The molecule has 2 nitrogen and oxygen atoms in total. The minimum absolute atomic E-state index is 0.0724. The summed E-state index contributed by atoms with van der Waals surface area (Å²) in [6.07, 6.45) is 0.935. The SMILES string of the molecule is CC1=[N+](C)c2ccc3ccccc3c2C1(C)Cc1ccc(-c2ccccc2C#N)cc1. The zero-order chi connectivity index (χ0) is 21.6. The Bertz CT molecular complexity index is 1390. The molecular formula is C29H25N2+. The fraction of sp³-hybridized carbons (Fsp3) is 0.172. The van der Waals surface area contributed by atoms with Crippen LogP contribution in [0, 0.1) is 11.3 Å². The van der Waals surface area contributed by atoms with E-state index >= 15 is 0 Å². The van der Waals surface area contributed by atoms with Crippen LogP contribution in [0.4, 0.5) is 5.69 Å². The van der Waals surface area contributed by atoms with Crippen molar-refractivity contribution in [3.8, 4) is 17.2 Å². The van der Waals surface area contributed by atoms with Gasteiger partial charge in [0.15, 0.2) is 5.71 Å². The molecule has 0 radical (unpaired) electrons. The molecule has 4 aromatic carbocycles. The lowest BCUT2D eigenvalue weighted by molar-refractivity contribution is -0.403. The van der Waals surface area contributed by atoms with Crippen LogP contribution in [0.5, 0.6) is 0 Å². The summed E-state index contributed by atoms with van der Waals surface area (Å²) < 4.78 is 2.35. The van der Waals surface area contributed by atoms with E-state index in [0.717, 1.165) is 17.5 Å². The van der Waals surface area contributed by atoms with Crippen LogP contribution in [-0.2, 0) is 11.8 Å². The van der Waals surface area contributed by atoms with Crippen LogP contribution in [0.3, 0.4) is 0 Å². The van der Waals surface area contributed by atoms with Crippen molar-refractivity contribution in [2.75, 3.05) is 7.05 Å². The first-order valence-electron chi connectivity index (χ1n) is 10.7. The van der Waals surface area contributed by atoms with Crippen LogP contribution >= 0.6 is 0 Å². The molecule has 0 fully saturated rings. The molecule has 0 amide bonds. The Morgan fingerprint density at radius 3 is 2.35 bits per heavy atom. The molecule has 0 saturated heterocycles. The summed E-state index contributed by atoms with van der Waals surface area (Å²) in [5, 5.41) is 12.1. The van der Waals surface area contributed by atoms with Crippen molar-refractivity contribution in [1.82, 2.24) is 0 Å². The van der Waals surface area contributed by atoms with E-state index in [0.29, 0.717) is 5.56 Å². The summed E-state index contributed by atoms with van der Waals surface area (Å²) in [5.74, 6) is 0. The van der Waals surface area contributed by atoms with Gasteiger partial charge in [-0.15, -0.1) is 0 Å². The van der Waals surface area contributed by atoms with E-state index in [2.05, 4.69) is 92.2 Å². The van der Waals surface area contributed by atoms with Gasteiger partial charge in [-0.25, -0.2) is 4.58 Å². The lowest BCUT2D eigenvalue weighted by Crippen LogP contribution is -2.32. The maximum atomic E-state index is 9.43. The second kappa shape index (κ2) is 7.22. The van der Waals surface area contributed by atoms with Crippen molar-refractivity contribution in [2.24, 2.45) is 0 Å². The van der Waals surface area contributed by atoms with E-state index in [4.69, 9.17) is 0 Å². The van der Waals surface area contributed by atoms with Gasteiger partial charge in [-0.1, -0.05) is 66.7 Å². The van der Waals surface area contributed by atoms with Crippen LogP contribution in [0.25, 0.3) is 21.9 Å². The van der Waals surface area contributed by atoms with Gasteiger partial charge in [0.25, 0.3) is 0 Å². The summed E-state index contributed by atoms with van der Waals surface area (Å²) in [5.41, 5.74) is 8.11. The normalized spacial score (nSPS) is 17.6. The number of fused-ring (bicyclic) bond motifs is 3. The third-order valence-electron chi connectivity index (χ3n) is 6.99. The Kier molecular flexibility index (Phi) is 4.49. The number of nitrogens with zero attached hydrogens (tertiary/aromatic N) is 2. The summed E-state index contributed by atoms with van der Waals surface area (Å²) in [6, 6.07) is 32.0. The van der Waals surface area contributed by atoms with Gasteiger partial charge in [0.1, 0.15) is 7.05 Å². The first-order valence-corrected chi connectivity index (χ1v) is 10.7. The van der Waals surface area contributed by atoms with Gasteiger partial charge in [0.2, 0.25) is 5.69 Å². The Hall–Kier alpha value is -3.70. The average molecular weight is 402 g/mol. The average Bonchev–Trinajstić information content (AvgIpc) is 3.01. The summed E-state index contributed by atoms with van der Waals surface area (Å²) in [7, 11) is 2.18. The Balaban J connectivity index is 1.57. The first kappa shape index (κ1) is 19.3. The molecule has 5 rings (SSSR count). The maximum Gasteiger partial charge on any atom is 0.209 e. The predicted molar refractivity (Wildman–Crippen MR) is 128 cm³/mol. The van der Waals surface area contributed by atoms with Crippen LogP contribution in [0.1, 0.15) is 30.5 Å². The fourth-order valence-corrected chi connectivity index (χ4v) is 5.11. The van der Waals surface area contributed by atoms with Crippen LogP contribution in [-0.4, -0.2) is 17.3 Å². The van der Waals surface area contributed by atoms with E-state index in [1.165, 1.54) is 33.3 Å². The van der Waals surface area contributed by atoms with Crippen molar-refractivity contribution < 1.29 is 4.58 Å². The Morgan fingerprint density at radius 2 is 1.58 bits per heavy atom. The number of hydrogen-bond donors (Lipinski definition) is 0. The van der Waals surface area contributed by atoms with Crippen LogP contribution < -0.4 is 0 Å². The molecule has 1 heterocycles. The van der Waals surface area contributed by atoms with Crippen molar-refractivity contribution in [3.05, 3.63) is 102 Å². The molecular weight excluding hydrogens is 376 g/mol. The van der Waals surface area contributed by atoms with Gasteiger partial charge in [-0.3, -0.25) is 0 Å². The topological polar surface area (TPSA) is 26.8 Å². The third kappa shape index (κ3) is 2.97. The van der Waals surface area contributed by atoms with E-state index < -0.39 is 0 Å². The van der Waals surface area contributed by atoms with Crippen molar-refractivity contribution in [3.63, 3.8) is 0 Å². The fourth-order valence-electron chi connectivity index (χ4n) is 5.11. The van der Waals surface area contributed by atoms with Gasteiger partial charge >= 0.3 is 0 Å². The largest absolute Gasteiger partial charge is 0.209 e. The zero-order valence-electron chi connectivity index (χ0n) is 18.2. The molecule has 0 aromatic heterocycles. The Morgan fingerprint density at radius 1 is 0.871 bits per heavy atom. The second-order valence-corrected chi connectivity index (χ2v) is 8.69. The first-order chi connectivity index (χ1) is 15.0. The van der Waals surface area contributed by atoms with Gasteiger partial charge in [0, 0.05) is 18.6 Å². The molecule has 0 bridgehead atoms. The molecule has 31 heavy (non-hydrogen) atoms. The quantitative estimate of drug-likeness (QED) is 0.354. The molecule has 0 aliphatic carbocycles. The minimum Gasteiger partial charge on any atom is -0.202 e. The highest BCUT2D eigenvalue weighted by molar-refractivity contribution is 6.02. The van der Waals surface area contributed by atoms with Crippen molar-refractivity contribution >= 4 is 22.2 Å². The molecule has 1 unspecified atom stereocenters. The highest BCUT2D eigenvalue weighted by Crippen LogP contribution is 2.45. The smallest absolute Gasteiger partial charge is 0.202 e. The molecule has 150 valence electrons. The summed E-state index contributed by atoms with van der Waals surface area (Å²) in [6.45, 7) is 4.63. The van der Waals surface area contributed by atoms with Gasteiger partial charge in [-0.05, 0) is 52.9 Å². The summed E-state index contributed by atoms with van der Waals surface area (Å²) >= 11 is 0. The van der Waals surface area contributed by atoms with Gasteiger partial charge in [-0.2, -0.15) is 5.26 Å². The molecule has 0 N–H and O–H groups in total. The highest BCUT2D eigenvalue weighted by atomic mass is 15.0. The number of hydrogen-bond acceptors (Lipinski definition) is 1. The van der Waals surface area contributed by atoms with E-state index in [9.17, 15) is 5.26 Å².